The maximum Gasteiger partial charge on any atom is 0.244 e. The molecule has 3 amide bonds. The molecule has 124 valence electrons. The Morgan fingerprint density at radius 2 is 2.04 bits per heavy atom. The summed E-state index contributed by atoms with van der Waals surface area (Å²) in [6, 6.07) is 7.04. The van der Waals surface area contributed by atoms with Gasteiger partial charge in [-0.2, -0.15) is 0 Å². The molecular formula is C16H22N4O3. The molecule has 2 rings (SSSR count). The fourth-order valence-electron chi connectivity index (χ4n) is 2.38. The van der Waals surface area contributed by atoms with Gasteiger partial charge in [0.2, 0.25) is 17.7 Å². The van der Waals surface area contributed by atoms with Crippen molar-refractivity contribution in [2.24, 2.45) is 5.73 Å². The van der Waals surface area contributed by atoms with Gasteiger partial charge in [0.25, 0.3) is 0 Å². The van der Waals surface area contributed by atoms with E-state index in [1.165, 1.54) is 4.90 Å². The zero-order chi connectivity index (χ0) is 17.0. The van der Waals surface area contributed by atoms with Crippen molar-refractivity contribution in [1.29, 1.82) is 0 Å². The van der Waals surface area contributed by atoms with Crippen molar-refractivity contribution in [2.75, 3.05) is 30.4 Å². The normalized spacial score (nSPS) is 14.7. The lowest BCUT2D eigenvalue weighted by Crippen LogP contribution is -2.43. The lowest BCUT2D eigenvalue weighted by molar-refractivity contribution is -0.133. The Morgan fingerprint density at radius 3 is 2.74 bits per heavy atom. The topological polar surface area (TPSA) is 95.7 Å². The number of nitrogens with two attached hydrogens (primary N) is 1. The van der Waals surface area contributed by atoms with E-state index in [4.69, 9.17) is 5.73 Å². The minimum absolute atomic E-state index is 0.0287. The summed E-state index contributed by atoms with van der Waals surface area (Å²) in [6.07, 6.45) is 0.155. The Hall–Kier alpha value is -2.41. The van der Waals surface area contributed by atoms with E-state index in [0.717, 1.165) is 0 Å². The van der Waals surface area contributed by atoms with Crippen LogP contribution >= 0.6 is 0 Å². The summed E-state index contributed by atoms with van der Waals surface area (Å²) in [5.74, 6) is -0.613. The summed E-state index contributed by atoms with van der Waals surface area (Å²) < 4.78 is 0. The molecule has 0 saturated heterocycles. The predicted molar refractivity (Wildman–Crippen MR) is 87.9 cm³/mol. The predicted octanol–water partition coefficient (Wildman–Crippen LogP) is 0.558. The number of amides is 3. The SMILES string of the molecule is CC(CN)N(C)C(=O)CCC(=O)N1CC(=O)Nc2ccccc21. The number of hydrogen-bond acceptors (Lipinski definition) is 4. The van der Waals surface area contributed by atoms with E-state index in [9.17, 15) is 14.4 Å². The first-order valence-corrected chi connectivity index (χ1v) is 7.59. The molecule has 0 bridgehead atoms. The minimum Gasteiger partial charge on any atom is -0.342 e. The van der Waals surface area contributed by atoms with E-state index >= 15 is 0 Å². The van der Waals surface area contributed by atoms with Gasteiger partial charge in [-0.05, 0) is 19.1 Å². The fourth-order valence-corrected chi connectivity index (χ4v) is 2.38. The Morgan fingerprint density at radius 1 is 1.35 bits per heavy atom. The summed E-state index contributed by atoms with van der Waals surface area (Å²) >= 11 is 0. The highest BCUT2D eigenvalue weighted by Crippen LogP contribution is 2.29. The number of carbonyl (C=O) groups is 3. The minimum atomic E-state index is -0.241. The van der Waals surface area contributed by atoms with Gasteiger partial charge in [-0.1, -0.05) is 12.1 Å². The van der Waals surface area contributed by atoms with Crippen molar-refractivity contribution in [2.45, 2.75) is 25.8 Å². The summed E-state index contributed by atoms with van der Waals surface area (Å²) in [5, 5.41) is 2.73. The van der Waals surface area contributed by atoms with Crippen LogP contribution in [0.2, 0.25) is 0 Å². The maximum absolute atomic E-state index is 12.4. The van der Waals surface area contributed by atoms with Gasteiger partial charge in [-0.25, -0.2) is 0 Å². The lowest BCUT2D eigenvalue weighted by atomic mass is 10.1. The molecule has 1 aliphatic heterocycles. The molecule has 0 saturated carbocycles. The van der Waals surface area contributed by atoms with E-state index in [-0.39, 0.29) is 43.1 Å². The van der Waals surface area contributed by atoms with Gasteiger partial charge in [-0.15, -0.1) is 0 Å². The third-order valence-corrected chi connectivity index (χ3v) is 4.02. The van der Waals surface area contributed by atoms with Crippen LogP contribution < -0.4 is 16.0 Å². The Kier molecular flexibility index (Phi) is 5.33. The van der Waals surface area contributed by atoms with E-state index in [2.05, 4.69) is 5.32 Å². The molecule has 0 aliphatic carbocycles. The van der Waals surface area contributed by atoms with Gasteiger partial charge in [0.15, 0.2) is 0 Å². The van der Waals surface area contributed by atoms with Crippen LogP contribution in [0.5, 0.6) is 0 Å². The number of rotatable bonds is 5. The van der Waals surface area contributed by atoms with E-state index in [0.29, 0.717) is 17.9 Å². The molecule has 23 heavy (non-hydrogen) atoms. The van der Waals surface area contributed by atoms with Crippen molar-refractivity contribution in [3.05, 3.63) is 24.3 Å². The lowest BCUT2D eigenvalue weighted by Gasteiger charge is -2.29. The summed E-state index contributed by atoms with van der Waals surface area (Å²) in [4.78, 5) is 39.2. The third kappa shape index (κ3) is 3.87. The molecular weight excluding hydrogens is 296 g/mol. The molecule has 0 spiro atoms. The summed E-state index contributed by atoms with van der Waals surface area (Å²) in [6.45, 7) is 2.19. The average molecular weight is 318 g/mol. The quantitative estimate of drug-likeness (QED) is 0.829. The van der Waals surface area contributed by atoms with Gasteiger partial charge in [0, 0.05) is 32.5 Å². The van der Waals surface area contributed by atoms with Crippen LogP contribution in [-0.4, -0.2) is 48.8 Å². The number of hydrogen-bond donors (Lipinski definition) is 2. The van der Waals surface area contributed by atoms with E-state index in [1.807, 2.05) is 6.92 Å². The first kappa shape index (κ1) is 17.0. The van der Waals surface area contributed by atoms with Crippen LogP contribution in [0.15, 0.2) is 24.3 Å². The highest BCUT2D eigenvalue weighted by Gasteiger charge is 2.27. The monoisotopic (exact) mass is 318 g/mol. The smallest absolute Gasteiger partial charge is 0.244 e. The van der Waals surface area contributed by atoms with Crippen LogP contribution in [0.4, 0.5) is 11.4 Å². The molecule has 7 heteroatoms. The van der Waals surface area contributed by atoms with Crippen molar-refractivity contribution in [3.63, 3.8) is 0 Å². The van der Waals surface area contributed by atoms with Crippen LogP contribution in [-0.2, 0) is 14.4 Å². The number of carbonyl (C=O) groups excluding carboxylic acids is 3. The standard InChI is InChI=1S/C16H22N4O3/c1-11(9-17)19(2)15(22)7-8-16(23)20-10-14(21)18-12-5-3-4-6-13(12)20/h3-6,11H,7-10,17H2,1-2H3,(H,18,21). The van der Waals surface area contributed by atoms with Gasteiger partial charge in [-0.3, -0.25) is 14.4 Å². The second-order valence-electron chi connectivity index (χ2n) is 5.63. The number of benzene rings is 1. The van der Waals surface area contributed by atoms with Gasteiger partial charge in [0.05, 0.1) is 11.4 Å². The number of anilines is 2. The summed E-state index contributed by atoms with van der Waals surface area (Å²) in [5.41, 5.74) is 6.81. The summed E-state index contributed by atoms with van der Waals surface area (Å²) in [7, 11) is 1.67. The highest BCUT2D eigenvalue weighted by molar-refractivity contribution is 6.10. The van der Waals surface area contributed by atoms with Gasteiger partial charge >= 0.3 is 0 Å². The number of para-hydroxylation sites is 2. The van der Waals surface area contributed by atoms with E-state index in [1.54, 1.807) is 36.2 Å². The molecule has 1 aliphatic rings. The average Bonchev–Trinajstić information content (AvgIpc) is 2.56. The second-order valence-corrected chi connectivity index (χ2v) is 5.63. The molecule has 1 unspecified atom stereocenters. The largest absolute Gasteiger partial charge is 0.342 e. The Bertz CT molecular complexity index is 617. The second kappa shape index (κ2) is 7.23. The van der Waals surface area contributed by atoms with Gasteiger partial charge < -0.3 is 20.9 Å². The zero-order valence-electron chi connectivity index (χ0n) is 13.4. The Labute approximate surface area is 135 Å². The molecule has 7 nitrogen and oxygen atoms in total. The van der Waals surface area contributed by atoms with Crippen molar-refractivity contribution in [1.82, 2.24) is 4.90 Å². The van der Waals surface area contributed by atoms with Crippen molar-refractivity contribution < 1.29 is 14.4 Å². The molecule has 0 fully saturated rings. The maximum atomic E-state index is 12.4. The molecule has 1 atom stereocenters. The van der Waals surface area contributed by atoms with Crippen LogP contribution in [0.3, 0.4) is 0 Å². The fraction of sp³-hybridized carbons (Fsp3) is 0.438. The first-order chi connectivity index (χ1) is 10.9. The third-order valence-electron chi connectivity index (χ3n) is 4.02. The van der Waals surface area contributed by atoms with Crippen molar-refractivity contribution >= 4 is 29.1 Å². The molecule has 1 aromatic rings. The van der Waals surface area contributed by atoms with Crippen LogP contribution in [0, 0.1) is 0 Å². The molecule has 0 aromatic heterocycles. The number of nitrogens with zero attached hydrogens (tertiary/aromatic N) is 2. The number of nitrogens with one attached hydrogen (secondary N) is 1. The number of fused-ring (bicyclic) bond motifs is 1. The first-order valence-electron chi connectivity index (χ1n) is 7.59. The molecule has 0 radical (unpaired) electrons. The van der Waals surface area contributed by atoms with E-state index < -0.39 is 0 Å². The van der Waals surface area contributed by atoms with Gasteiger partial charge in [0.1, 0.15) is 6.54 Å². The van der Waals surface area contributed by atoms with Crippen LogP contribution in [0.25, 0.3) is 0 Å². The molecule has 3 N–H and O–H groups in total. The molecule has 1 heterocycles. The highest BCUT2D eigenvalue weighted by atomic mass is 16.2. The van der Waals surface area contributed by atoms with Crippen LogP contribution in [0.1, 0.15) is 19.8 Å². The Balaban J connectivity index is 2.01. The van der Waals surface area contributed by atoms with Crippen molar-refractivity contribution in [3.8, 4) is 0 Å². The molecule has 1 aromatic carbocycles. The number of likely N-dealkylation sites (N-methyl/N-ethyl adjacent to an activating group) is 1. The zero-order valence-corrected chi connectivity index (χ0v) is 13.4.